The molecule has 0 fully saturated rings. The molecule has 0 aliphatic carbocycles. The van der Waals surface area contributed by atoms with Crippen molar-refractivity contribution in [2.24, 2.45) is 5.10 Å². The molecular weight excluding hydrogens is 444 g/mol. The Morgan fingerprint density at radius 3 is 2.33 bits per heavy atom. The number of halogens is 1. The summed E-state index contributed by atoms with van der Waals surface area (Å²) in [5, 5.41) is 3.98. The normalized spacial score (nSPS) is 10.8. The fourth-order valence-corrected chi connectivity index (χ4v) is 3.55. The van der Waals surface area contributed by atoms with E-state index < -0.39 is 0 Å². The number of nitrogens with zero attached hydrogens (tertiary/aromatic N) is 1. The second kappa shape index (κ2) is 10.6. The average Bonchev–Trinajstić information content (AvgIpc) is 2.73. The molecule has 0 aromatic heterocycles. The van der Waals surface area contributed by atoms with Crippen molar-refractivity contribution in [3.8, 4) is 11.5 Å². The van der Waals surface area contributed by atoms with Crippen LogP contribution in [-0.4, -0.2) is 18.7 Å². The summed E-state index contributed by atoms with van der Waals surface area (Å²) in [6, 6.07) is 21.4. The number of nitrogens with one attached hydrogen (secondary N) is 1. The van der Waals surface area contributed by atoms with E-state index in [9.17, 15) is 4.79 Å². The van der Waals surface area contributed by atoms with Crippen molar-refractivity contribution in [2.75, 3.05) is 6.61 Å². The maximum Gasteiger partial charge on any atom is 0.277 e. The van der Waals surface area contributed by atoms with Gasteiger partial charge in [-0.25, -0.2) is 5.43 Å². The molecule has 0 unspecified atom stereocenters. The lowest BCUT2D eigenvalue weighted by molar-refractivity contribution is -0.123. The maximum atomic E-state index is 12.0. The quantitative estimate of drug-likeness (QED) is 0.367. The lowest BCUT2D eigenvalue weighted by Gasteiger charge is -2.11. The SMILES string of the molecule is Cc1cc(Br)cc(C)c1OCC(=O)N/N=C/c1ccc(OCc2ccccc2)cc1. The lowest BCUT2D eigenvalue weighted by atomic mass is 10.1. The number of ether oxygens (including phenoxy) is 2. The number of hydrazone groups is 1. The highest BCUT2D eigenvalue weighted by Crippen LogP contribution is 2.27. The monoisotopic (exact) mass is 466 g/mol. The Morgan fingerprint density at radius 2 is 1.67 bits per heavy atom. The number of carbonyl (C=O) groups excluding carboxylic acids is 1. The number of benzene rings is 3. The second-order valence-corrected chi connectivity index (χ2v) is 7.71. The zero-order valence-corrected chi connectivity index (χ0v) is 18.5. The molecule has 0 saturated carbocycles. The van der Waals surface area contributed by atoms with Gasteiger partial charge in [-0.05, 0) is 72.5 Å². The molecule has 0 aliphatic rings. The summed E-state index contributed by atoms with van der Waals surface area (Å²) in [5.41, 5.74) is 6.37. The molecule has 0 atom stereocenters. The first-order valence-electron chi connectivity index (χ1n) is 9.49. The Balaban J connectivity index is 1.45. The van der Waals surface area contributed by atoms with Crippen LogP contribution in [0, 0.1) is 13.8 Å². The highest BCUT2D eigenvalue weighted by atomic mass is 79.9. The third-order valence-electron chi connectivity index (χ3n) is 4.30. The molecule has 30 heavy (non-hydrogen) atoms. The Hall–Kier alpha value is -3.12. The van der Waals surface area contributed by atoms with E-state index in [-0.39, 0.29) is 12.5 Å². The van der Waals surface area contributed by atoms with Crippen molar-refractivity contribution >= 4 is 28.1 Å². The Morgan fingerprint density at radius 1 is 1.00 bits per heavy atom. The van der Waals surface area contributed by atoms with E-state index in [0.717, 1.165) is 32.5 Å². The summed E-state index contributed by atoms with van der Waals surface area (Å²) >= 11 is 3.45. The number of carbonyl (C=O) groups is 1. The van der Waals surface area contributed by atoms with Crippen molar-refractivity contribution in [1.82, 2.24) is 5.43 Å². The molecular formula is C24H23BrN2O3. The molecule has 0 bridgehead atoms. The fraction of sp³-hybridized carbons (Fsp3) is 0.167. The number of hydrogen-bond donors (Lipinski definition) is 1. The van der Waals surface area contributed by atoms with Crippen LogP contribution in [0.1, 0.15) is 22.3 Å². The molecule has 0 aliphatic heterocycles. The molecule has 3 aromatic rings. The molecule has 0 heterocycles. The third kappa shape index (κ3) is 6.46. The van der Waals surface area contributed by atoms with E-state index in [2.05, 4.69) is 26.5 Å². The van der Waals surface area contributed by atoms with E-state index in [1.54, 1.807) is 6.21 Å². The summed E-state index contributed by atoms with van der Waals surface area (Å²) in [6.45, 7) is 4.29. The van der Waals surface area contributed by atoms with Crippen LogP contribution in [0.15, 0.2) is 76.3 Å². The number of aryl methyl sites for hydroxylation is 2. The van der Waals surface area contributed by atoms with Gasteiger partial charge in [-0.2, -0.15) is 5.10 Å². The minimum absolute atomic E-state index is 0.104. The van der Waals surface area contributed by atoms with Gasteiger partial charge in [-0.15, -0.1) is 0 Å². The third-order valence-corrected chi connectivity index (χ3v) is 4.76. The molecule has 3 rings (SSSR count). The van der Waals surface area contributed by atoms with Gasteiger partial charge in [0.2, 0.25) is 0 Å². The summed E-state index contributed by atoms with van der Waals surface area (Å²) in [4.78, 5) is 12.0. The molecule has 6 heteroatoms. The van der Waals surface area contributed by atoms with Crippen LogP contribution < -0.4 is 14.9 Å². The molecule has 1 N–H and O–H groups in total. The molecule has 154 valence electrons. The van der Waals surface area contributed by atoms with Crippen molar-refractivity contribution < 1.29 is 14.3 Å². The molecule has 1 amide bonds. The van der Waals surface area contributed by atoms with Crippen LogP contribution in [0.2, 0.25) is 0 Å². The van der Waals surface area contributed by atoms with Gasteiger partial charge in [0.1, 0.15) is 18.1 Å². The van der Waals surface area contributed by atoms with E-state index in [1.807, 2.05) is 80.6 Å². The van der Waals surface area contributed by atoms with Crippen LogP contribution in [0.25, 0.3) is 0 Å². The number of hydrogen-bond acceptors (Lipinski definition) is 4. The number of amides is 1. The standard InChI is InChI=1S/C24H23BrN2O3/c1-17-12-21(25)13-18(2)24(17)30-16-23(28)27-26-14-19-8-10-22(11-9-19)29-15-20-6-4-3-5-7-20/h3-14H,15-16H2,1-2H3,(H,27,28)/b26-14+. The minimum atomic E-state index is -0.323. The molecule has 3 aromatic carbocycles. The highest BCUT2D eigenvalue weighted by molar-refractivity contribution is 9.10. The van der Waals surface area contributed by atoms with Gasteiger partial charge in [-0.1, -0.05) is 46.3 Å². The lowest BCUT2D eigenvalue weighted by Crippen LogP contribution is -2.25. The van der Waals surface area contributed by atoms with Gasteiger partial charge in [0.05, 0.1) is 6.21 Å². The Bertz CT molecular complexity index is 995. The molecule has 0 radical (unpaired) electrons. The maximum absolute atomic E-state index is 12.0. The van der Waals surface area contributed by atoms with Crippen molar-refractivity contribution in [3.63, 3.8) is 0 Å². The predicted octanol–water partition coefficient (Wildman–Crippen LogP) is 5.17. The van der Waals surface area contributed by atoms with Gasteiger partial charge < -0.3 is 9.47 Å². The summed E-state index contributed by atoms with van der Waals surface area (Å²) < 4.78 is 12.4. The summed E-state index contributed by atoms with van der Waals surface area (Å²) in [7, 11) is 0. The first-order chi connectivity index (χ1) is 14.5. The van der Waals surface area contributed by atoms with Crippen LogP contribution in [0.4, 0.5) is 0 Å². The van der Waals surface area contributed by atoms with E-state index in [0.29, 0.717) is 12.4 Å². The van der Waals surface area contributed by atoms with Crippen molar-refractivity contribution in [3.05, 3.63) is 93.5 Å². The summed E-state index contributed by atoms with van der Waals surface area (Å²) in [6.07, 6.45) is 1.58. The zero-order valence-electron chi connectivity index (χ0n) is 16.9. The van der Waals surface area contributed by atoms with Gasteiger partial charge in [0.15, 0.2) is 6.61 Å². The fourth-order valence-electron chi connectivity index (χ4n) is 2.86. The van der Waals surface area contributed by atoms with Crippen molar-refractivity contribution in [1.29, 1.82) is 0 Å². The smallest absolute Gasteiger partial charge is 0.277 e. The summed E-state index contributed by atoms with van der Waals surface area (Å²) in [5.74, 6) is 1.16. The number of rotatable bonds is 8. The van der Waals surface area contributed by atoms with E-state index >= 15 is 0 Å². The van der Waals surface area contributed by atoms with Gasteiger partial charge >= 0.3 is 0 Å². The first-order valence-corrected chi connectivity index (χ1v) is 10.3. The van der Waals surface area contributed by atoms with E-state index in [1.165, 1.54) is 0 Å². The Labute approximate surface area is 184 Å². The van der Waals surface area contributed by atoms with Gasteiger partial charge in [0, 0.05) is 4.47 Å². The average molecular weight is 467 g/mol. The minimum Gasteiger partial charge on any atom is -0.489 e. The molecule has 5 nitrogen and oxygen atoms in total. The zero-order chi connectivity index (χ0) is 21.3. The van der Waals surface area contributed by atoms with Crippen LogP contribution in [-0.2, 0) is 11.4 Å². The molecule has 0 saturated heterocycles. The topological polar surface area (TPSA) is 59.9 Å². The first kappa shape index (κ1) is 21.6. The van der Waals surface area contributed by atoms with Crippen LogP contribution in [0.5, 0.6) is 11.5 Å². The van der Waals surface area contributed by atoms with Crippen LogP contribution in [0.3, 0.4) is 0 Å². The molecule has 0 spiro atoms. The van der Waals surface area contributed by atoms with Crippen LogP contribution >= 0.6 is 15.9 Å². The highest BCUT2D eigenvalue weighted by Gasteiger charge is 2.08. The second-order valence-electron chi connectivity index (χ2n) is 6.79. The largest absolute Gasteiger partial charge is 0.489 e. The van der Waals surface area contributed by atoms with Gasteiger partial charge in [0.25, 0.3) is 5.91 Å². The van der Waals surface area contributed by atoms with E-state index in [4.69, 9.17) is 9.47 Å². The Kier molecular flexibility index (Phi) is 7.63. The van der Waals surface area contributed by atoms with Crippen molar-refractivity contribution in [2.45, 2.75) is 20.5 Å². The predicted molar refractivity (Wildman–Crippen MR) is 122 cm³/mol. The van der Waals surface area contributed by atoms with Gasteiger partial charge in [-0.3, -0.25) is 4.79 Å².